The van der Waals surface area contributed by atoms with Crippen molar-refractivity contribution >= 4 is 11.0 Å². The van der Waals surface area contributed by atoms with Crippen molar-refractivity contribution < 1.29 is 5.11 Å². The first kappa shape index (κ1) is 13.1. The van der Waals surface area contributed by atoms with Gasteiger partial charge in [0, 0.05) is 35.7 Å². The Bertz CT molecular complexity index is 889. The summed E-state index contributed by atoms with van der Waals surface area (Å²) in [7, 11) is 0. The van der Waals surface area contributed by atoms with Crippen molar-refractivity contribution in [3.63, 3.8) is 0 Å². The summed E-state index contributed by atoms with van der Waals surface area (Å²) in [6, 6.07) is 11.4. The minimum atomic E-state index is 0.232. The van der Waals surface area contributed by atoms with Gasteiger partial charge in [0.1, 0.15) is 5.75 Å². The number of benzene rings is 1. The van der Waals surface area contributed by atoms with Gasteiger partial charge in [-0.15, -0.1) is 10.2 Å². The van der Waals surface area contributed by atoms with Crippen LogP contribution in [0.25, 0.3) is 22.3 Å². The number of hydrogen-bond donors (Lipinski definition) is 3. The molecule has 116 valence electrons. The molecular formula is C18H18N4O. The number of nitrogens with zero attached hydrogens (tertiary/aromatic N) is 2. The van der Waals surface area contributed by atoms with Crippen LogP contribution in [0.4, 0.5) is 0 Å². The molecule has 23 heavy (non-hydrogen) atoms. The standard InChI is InChI=1S/C18H18N4O/c23-16-4-2-1-3-13(16)15-6-11-5-14(20-17(11)22-21-15)12-7-18(8-12)9-19-10-18/h1-6,12,19,23H,7-10H2,(H,20,22). The highest BCUT2D eigenvalue weighted by Crippen LogP contribution is 2.53. The third-order valence-electron chi connectivity index (χ3n) is 5.38. The van der Waals surface area contributed by atoms with Gasteiger partial charge in [0.05, 0.1) is 5.69 Å². The van der Waals surface area contributed by atoms with Crippen LogP contribution in [0.15, 0.2) is 36.4 Å². The van der Waals surface area contributed by atoms with Gasteiger partial charge < -0.3 is 15.4 Å². The highest BCUT2D eigenvalue weighted by Gasteiger charge is 2.49. The van der Waals surface area contributed by atoms with Crippen LogP contribution < -0.4 is 5.32 Å². The summed E-state index contributed by atoms with van der Waals surface area (Å²) in [6.07, 6.45) is 2.51. The van der Waals surface area contributed by atoms with Crippen LogP contribution in [-0.2, 0) is 0 Å². The number of rotatable bonds is 2. The van der Waals surface area contributed by atoms with E-state index in [2.05, 4.69) is 26.6 Å². The Morgan fingerprint density at radius 3 is 2.65 bits per heavy atom. The number of fused-ring (bicyclic) bond motifs is 1. The zero-order valence-corrected chi connectivity index (χ0v) is 12.7. The largest absolute Gasteiger partial charge is 0.507 e. The Balaban J connectivity index is 1.48. The first-order valence-corrected chi connectivity index (χ1v) is 8.08. The van der Waals surface area contributed by atoms with Gasteiger partial charge >= 0.3 is 0 Å². The second-order valence-corrected chi connectivity index (χ2v) is 6.98. The number of aromatic hydroxyl groups is 1. The fraction of sp³-hybridized carbons (Fsp3) is 0.333. The van der Waals surface area contributed by atoms with E-state index in [9.17, 15) is 5.11 Å². The zero-order chi connectivity index (χ0) is 15.4. The number of aromatic amines is 1. The van der Waals surface area contributed by atoms with E-state index in [1.807, 2.05) is 18.2 Å². The fourth-order valence-electron chi connectivity index (χ4n) is 3.97. The average Bonchev–Trinajstić information content (AvgIpc) is 2.87. The summed E-state index contributed by atoms with van der Waals surface area (Å²) in [5.74, 6) is 0.843. The van der Waals surface area contributed by atoms with E-state index in [0.717, 1.165) is 11.0 Å². The number of para-hydroxylation sites is 1. The highest BCUT2D eigenvalue weighted by molar-refractivity contribution is 5.81. The predicted molar refractivity (Wildman–Crippen MR) is 88.3 cm³/mol. The van der Waals surface area contributed by atoms with Crippen molar-refractivity contribution in [1.82, 2.24) is 20.5 Å². The molecule has 1 aromatic carbocycles. The molecule has 1 aliphatic heterocycles. The maximum Gasteiger partial charge on any atom is 0.160 e. The lowest BCUT2D eigenvalue weighted by Gasteiger charge is -2.54. The maximum absolute atomic E-state index is 9.99. The zero-order valence-electron chi connectivity index (χ0n) is 12.7. The molecule has 2 fully saturated rings. The number of aromatic nitrogens is 3. The van der Waals surface area contributed by atoms with Crippen molar-refractivity contribution in [2.75, 3.05) is 13.1 Å². The Morgan fingerprint density at radius 2 is 1.91 bits per heavy atom. The number of H-pyrrole nitrogens is 1. The molecule has 0 bridgehead atoms. The van der Waals surface area contributed by atoms with Gasteiger partial charge in [-0.25, -0.2) is 0 Å². The number of phenols is 1. The average molecular weight is 306 g/mol. The van der Waals surface area contributed by atoms with Crippen LogP contribution >= 0.6 is 0 Å². The lowest BCUT2D eigenvalue weighted by atomic mass is 9.58. The Labute approximate surface area is 133 Å². The third kappa shape index (κ3) is 1.96. The van der Waals surface area contributed by atoms with Crippen LogP contribution in [0.2, 0.25) is 0 Å². The fourth-order valence-corrected chi connectivity index (χ4v) is 3.97. The minimum absolute atomic E-state index is 0.232. The van der Waals surface area contributed by atoms with Gasteiger partial charge in [0.2, 0.25) is 0 Å². The summed E-state index contributed by atoms with van der Waals surface area (Å²) in [5, 5.41) is 23.0. The van der Waals surface area contributed by atoms with Gasteiger partial charge in [0.25, 0.3) is 0 Å². The van der Waals surface area contributed by atoms with Crippen LogP contribution in [0.3, 0.4) is 0 Å². The Hall–Kier alpha value is -2.40. The Kier molecular flexibility index (Phi) is 2.59. The molecule has 1 spiro atoms. The first-order chi connectivity index (χ1) is 11.2. The van der Waals surface area contributed by atoms with Crippen molar-refractivity contribution in [2.45, 2.75) is 18.8 Å². The summed E-state index contributed by atoms with van der Waals surface area (Å²) in [5.41, 5.74) is 4.07. The van der Waals surface area contributed by atoms with Gasteiger partial charge in [-0.2, -0.15) is 0 Å². The van der Waals surface area contributed by atoms with Crippen molar-refractivity contribution in [3.8, 4) is 17.0 Å². The number of hydrogen-bond acceptors (Lipinski definition) is 4. The topological polar surface area (TPSA) is 73.8 Å². The molecule has 2 aromatic heterocycles. The van der Waals surface area contributed by atoms with Gasteiger partial charge in [0.15, 0.2) is 5.65 Å². The molecule has 2 aliphatic rings. The normalized spacial score (nSPS) is 19.7. The van der Waals surface area contributed by atoms with Crippen LogP contribution in [0, 0.1) is 5.41 Å². The molecule has 1 aliphatic carbocycles. The Morgan fingerprint density at radius 1 is 1.09 bits per heavy atom. The molecule has 5 nitrogen and oxygen atoms in total. The van der Waals surface area contributed by atoms with E-state index in [0.29, 0.717) is 22.6 Å². The predicted octanol–water partition coefficient (Wildman–Crippen LogP) is 2.80. The van der Waals surface area contributed by atoms with Gasteiger partial charge in [-0.3, -0.25) is 0 Å². The molecule has 0 radical (unpaired) electrons. The third-order valence-corrected chi connectivity index (χ3v) is 5.38. The van der Waals surface area contributed by atoms with E-state index in [1.165, 1.54) is 31.6 Å². The van der Waals surface area contributed by atoms with E-state index >= 15 is 0 Å². The summed E-state index contributed by atoms with van der Waals surface area (Å²) >= 11 is 0. The lowest BCUT2D eigenvalue weighted by Crippen LogP contribution is -2.59. The smallest absolute Gasteiger partial charge is 0.160 e. The second kappa shape index (κ2) is 4.55. The monoisotopic (exact) mass is 306 g/mol. The van der Waals surface area contributed by atoms with Crippen molar-refractivity contribution in [3.05, 3.63) is 42.1 Å². The van der Waals surface area contributed by atoms with Crippen LogP contribution in [0.5, 0.6) is 5.75 Å². The molecule has 3 N–H and O–H groups in total. The number of phenolic OH excluding ortho intramolecular Hbond substituents is 1. The van der Waals surface area contributed by atoms with E-state index < -0.39 is 0 Å². The molecule has 0 amide bonds. The van der Waals surface area contributed by atoms with Crippen molar-refractivity contribution in [1.29, 1.82) is 0 Å². The number of nitrogens with one attached hydrogen (secondary N) is 2. The van der Waals surface area contributed by atoms with Crippen LogP contribution in [0.1, 0.15) is 24.5 Å². The minimum Gasteiger partial charge on any atom is -0.507 e. The lowest BCUT2D eigenvalue weighted by molar-refractivity contribution is 0.0350. The van der Waals surface area contributed by atoms with E-state index in [4.69, 9.17) is 0 Å². The molecule has 3 heterocycles. The summed E-state index contributed by atoms with van der Waals surface area (Å²) in [6.45, 7) is 2.34. The van der Waals surface area contributed by atoms with Gasteiger partial charge in [-0.1, -0.05) is 12.1 Å². The summed E-state index contributed by atoms with van der Waals surface area (Å²) in [4.78, 5) is 3.42. The molecular weight excluding hydrogens is 288 g/mol. The molecule has 3 aromatic rings. The summed E-state index contributed by atoms with van der Waals surface area (Å²) < 4.78 is 0. The maximum atomic E-state index is 9.99. The highest BCUT2D eigenvalue weighted by atomic mass is 16.3. The molecule has 1 saturated carbocycles. The first-order valence-electron chi connectivity index (χ1n) is 8.08. The molecule has 0 atom stereocenters. The molecule has 1 saturated heterocycles. The molecule has 5 rings (SSSR count). The van der Waals surface area contributed by atoms with Gasteiger partial charge in [-0.05, 0) is 42.5 Å². The quantitative estimate of drug-likeness (QED) is 0.680. The molecule has 0 unspecified atom stereocenters. The van der Waals surface area contributed by atoms with Crippen LogP contribution in [-0.4, -0.2) is 33.4 Å². The SMILES string of the molecule is Oc1ccccc1-c1cc2cc(C3CC4(CNC4)C3)[nH]c2nn1. The van der Waals surface area contributed by atoms with E-state index in [1.54, 1.807) is 12.1 Å². The molecule has 5 heteroatoms. The van der Waals surface area contributed by atoms with E-state index in [-0.39, 0.29) is 5.75 Å². The van der Waals surface area contributed by atoms with Crippen molar-refractivity contribution in [2.24, 2.45) is 5.41 Å². The second-order valence-electron chi connectivity index (χ2n) is 6.98.